The number of hydrogen-bond acceptors (Lipinski definition) is 3. The molecule has 0 saturated heterocycles. The van der Waals surface area contributed by atoms with Crippen molar-refractivity contribution in [3.63, 3.8) is 0 Å². The zero-order chi connectivity index (χ0) is 13.5. The van der Waals surface area contributed by atoms with Crippen molar-refractivity contribution in [2.45, 2.75) is 0 Å². The molecule has 0 aromatic rings. The second-order valence-electron chi connectivity index (χ2n) is 1.54. The van der Waals surface area contributed by atoms with E-state index in [0.717, 1.165) is 0 Å². The molecule has 0 rings (SSSR count). The molecular weight excluding hydrogens is 359 g/mol. The zero-order valence-corrected chi connectivity index (χ0v) is 11.1. The van der Waals surface area contributed by atoms with Crippen LogP contribution in [0.4, 0.5) is 0 Å². The maximum atomic E-state index is 8.88. The summed E-state index contributed by atoms with van der Waals surface area (Å²) in [5.74, 6) is 0. The van der Waals surface area contributed by atoms with Gasteiger partial charge < -0.3 is 44.0 Å². The molecular formula is H10NaO12P3V. The minimum absolute atomic E-state index is 0. The molecule has 9 N–H and O–H groups in total. The fraction of sp³-hybridized carbons (Fsp3) is 0. The summed E-state index contributed by atoms with van der Waals surface area (Å²) in [6, 6.07) is 0. The van der Waals surface area contributed by atoms with E-state index in [4.69, 9.17) is 57.7 Å². The Morgan fingerprint density at radius 2 is 0.471 bits per heavy atom. The van der Waals surface area contributed by atoms with Gasteiger partial charge in [0.25, 0.3) is 0 Å². The number of phosphoric acid groups is 3. The summed E-state index contributed by atoms with van der Waals surface area (Å²) in [6.07, 6.45) is 0. The Labute approximate surface area is 129 Å². The molecule has 0 atom stereocenters. The minimum atomic E-state index is -4.64. The molecule has 0 unspecified atom stereocenters. The van der Waals surface area contributed by atoms with Crippen molar-refractivity contribution >= 4 is 53.0 Å². The van der Waals surface area contributed by atoms with E-state index in [9.17, 15) is 0 Å². The molecule has 1 radical (unpaired) electrons. The predicted octanol–water partition coefficient (Wildman–Crippen LogP) is -3.44. The van der Waals surface area contributed by atoms with Crippen molar-refractivity contribution in [2.75, 3.05) is 0 Å². The van der Waals surface area contributed by atoms with Gasteiger partial charge in [-0.05, 0) is 0 Å². The summed E-state index contributed by atoms with van der Waals surface area (Å²) in [5.41, 5.74) is 0. The first kappa shape index (κ1) is 31.4. The van der Waals surface area contributed by atoms with Crippen LogP contribution in [0.3, 0.4) is 0 Å². The van der Waals surface area contributed by atoms with E-state index in [1.807, 2.05) is 0 Å². The quantitative estimate of drug-likeness (QED) is 0.150. The third kappa shape index (κ3) is 1240. The van der Waals surface area contributed by atoms with Crippen molar-refractivity contribution in [1.82, 2.24) is 0 Å². The van der Waals surface area contributed by atoms with E-state index >= 15 is 0 Å². The third-order valence-corrected chi connectivity index (χ3v) is 0. The van der Waals surface area contributed by atoms with Crippen LogP contribution in [0.5, 0.6) is 0 Å². The van der Waals surface area contributed by atoms with Crippen LogP contribution in [0, 0.1) is 0 Å². The van der Waals surface area contributed by atoms with Crippen LogP contribution in [-0.2, 0) is 32.3 Å². The second-order valence-corrected chi connectivity index (χ2v) is 4.62. The summed E-state index contributed by atoms with van der Waals surface area (Å²) < 4.78 is 26.6. The van der Waals surface area contributed by atoms with Gasteiger partial charge in [-0.3, -0.25) is 0 Å². The smallest absolute Gasteiger partial charge is 0 e. The largest absolute Gasteiger partial charge is 0 e. The van der Waals surface area contributed by atoms with E-state index in [1.54, 1.807) is 0 Å². The average Bonchev–Trinajstić information content (AvgIpc) is 1.41. The summed E-state index contributed by atoms with van der Waals surface area (Å²) >= 11 is 0. The van der Waals surface area contributed by atoms with Crippen LogP contribution in [0.1, 0.15) is 0 Å². The average molecular weight is 369 g/mol. The van der Waals surface area contributed by atoms with Crippen LogP contribution in [0.25, 0.3) is 0 Å². The first-order chi connectivity index (χ1) is 6.00. The maximum absolute atomic E-state index is 8.88. The van der Waals surface area contributed by atoms with Crippen LogP contribution >= 0.6 is 23.5 Å². The van der Waals surface area contributed by atoms with E-state index in [2.05, 4.69) is 0 Å². The molecule has 0 aliphatic rings. The van der Waals surface area contributed by atoms with Crippen LogP contribution in [-0.4, -0.2) is 73.6 Å². The van der Waals surface area contributed by atoms with Gasteiger partial charge in [0.15, 0.2) is 0 Å². The Morgan fingerprint density at radius 1 is 0.471 bits per heavy atom. The third-order valence-electron chi connectivity index (χ3n) is 0. The molecule has 0 saturated carbocycles. The topological polar surface area (TPSA) is 233 Å². The summed E-state index contributed by atoms with van der Waals surface area (Å²) in [4.78, 5) is 64.7. The molecule has 0 amide bonds. The summed E-state index contributed by atoms with van der Waals surface area (Å²) in [5, 5.41) is 0. The van der Waals surface area contributed by atoms with E-state index in [0.29, 0.717) is 0 Å². The van der Waals surface area contributed by atoms with Crippen LogP contribution in [0.2, 0.25) is 0 Å². The normalized spacial score (nSPS) is 10.4. The SMILES string of the molecule is O=P(O)(O)O.O=P(O)(O)O.O=P(O)(O)O.[NaH].[V]. The van der Waals surface area contributed by atoms with Crippen LogP contribution < -0.4 is 0 Å². The van der Waals surface area contributed by atoms with Crippen molar-refractivity contribution in [1.29, 1.82) is 0 Å². The Bertz CT molecular complexity index is 208. The van der Waals surface area contributed by atoms with Crippen molar-refractivity contribution in [2.24, 2.45) is 0 Å². The van der Waals surface area contributed by atoms with Gasteiger partial charge in [-0.25, -0.2) is 13.7 Å². The molecule has 0 aromatic carbocycles. The fourth-order valence-electron chi connectivity index (χ4n) is 0. The van der Waals surface area contributed by atoms with Gasteiger partial charge >= 0.3 is 53.0 Å². The van der Waals surface area contributed by atoms with Gasteiger partial charge in [0.05, 0.1) is 0 Å². The molecule has 0 fully saturated rings. The molecule has 0 aliphatic heterocycles. The molecule has 0 aromatic heterocycles. The van der Waals surface area contributed by atoms with E-state index in [1.165, 1.54) is 0 Å². The Balaban J connectivity index is -0.0000000400. The maximum Gasteiger partial charge on any atom is 0 e. The first-order valence-electron chi connectivity index (χ1n) is 2.35. The summed E-state index contributed by atoms with van der Waals surface area (Å²) in [6.45, 7) is 0. The molecule has 0 heterocycles. The summed E-state index contributed by atoms with van der Waals surface area (Å²) in [7, 11) is -13.9. The van der Waals surface area contributed by atoms with Crippen molar-refractivity contribution in [3.8, 4) is 0 Å². The van der Waals surface area contributed by atoms with E-state index < -0.39 is 23.5 Å². The van der Waals surface area contributed by atoms with Gasteiger partial charge in [-0.15, -0.1) is 0 Å². The van der Waals surface area contributed by atoms with Crippen LogP contribution in [0.15, 0.2) is 0 Å². The Hall–Kier alpha value is 1.91. The van der Waals surface area contributed by atoms with Gasteiger partial charge in [0, 0.05) is 18.6 Å². The van der Waals surface area contributed by atoms with Crippen molar-refractivity contribution < 1.29 is 76.3 Å². The minimum Gasteiger partial charge on any atom is 0 e. The molecule has 17 heteroatoms. The zero-order valence-electron chi connectivity index (χ0n) is 7.04. The van der Waals surface area contributed by atoms with Gasteiger partial charge in [-0.2, -0.15) is 0 Å². The number of rotatable bonds is 0. The van der Waals surface area contributed by atoms with Gasteiger partial charge in [0.2, 0.25) is 0 Å². The predicted molar refractivity (Wildman–Crippen MR) is 49.9 cm³/mol. The molecule has 0 aliphatic carbocycles. The molecule has 0 bridgehead atoms. The van der Waals surface area contributed by atoms with Crippen molar-refractivity contribution in [3.05, 3.63) is 0 Å². The molecule has 17 heavy (non-hydrogen) atoms. The first-order valence-corrected chi connectivity index (χ1v) is 7.04. The van der Waals surface area contributed by atoms with E-state index in [-0.39, 0.29) is 48.1 Å². The molecule has 103 valence electrons. The monoisotopic (exact) mass is 369 g/mol. The number of hydrogen-bond donors (Lipinski definition) is 9. The fourth-order valence-corrected chi connectivity index (χ4v) is 0. The van der Waals surface area contributed by atoms with Gasteiger partial charge in [-0.1, -0.05) is 0 Å². The molecule has 12 nitrogen and oxygen atoms in total. The molecule has 0 spiro atoms. The standard InChI is InChI=1S/Na.3H3O4P.V.H/c;3*1-5(2,3)4;;/h;3*(H3,1,2,3,4);;. The Kier molecular flexibility index (Phi) is 23.8. The Morgan fingerprint density at radius 3 is 0.471 bits per heavy atom. The second kappa shape index (κ2) is 12.9. The van der Waals surface area contributed by atoms with Gasteiger partial charge in [0.1, 0.15) is 0 Å².